The van der Waals surface area contributed by atoms with Crippen LogP contribution in [0.1, 0.15) is 44.9 Å². The van der Waals surface area contributed by atoms with Gasteiger partial charge in [0.25, 0.3) is 0 Å². The van der Waals surface area contributed by atoms with Crippen LogP contribution in [0.4, 0.5) is 5.69 Å². The molecular weight excluding hydrogens is 330 g/mol. The lowest BCUT2D eigenvalue weighted by Gasteiger charge is -2.37. The van der Waals surface area contributed by atoms with Gasteiger partial charge in [0, 0.05) is 38.3 Å². The minimum Gasteiger partial charge on any atom is -0.368 e. The van der Waals surface area contributed by atoms with Crippen LogP contribution in [-0.2, 0) is 4.79 Å². The number of thiocarbonyl (C=S) groups is 1. The van der Waals surface area contributed by atoms with Gasteiger partial charge in [0.2, 0.25) is 5.91 Å². The lowest BCUT2D eigenvalue weighted by atomic mass is 9.86. The van der Waals surface area contributed by atoms with Gasteiger partial charge in [0.05, 0.1) is 0 Å². The van der Waals surface area contributed by atoms with Gasteiger partial charge < -0.3 is 15.1 Å². The van der Waals surface area contributed by atoms with E-state index in [9.17, 15) is 4.79 Å². The first-order valence-corrected chi connectivity index (χ1v) is 10.0. The molecule has 0 aromatic heterocycles. The van der Waals surface area contributed by atoms with E-state index in [0.717, 1.165) is 38.5 Å². The Bertz CT molecular complexity index is 564. The zero-order valence-corrected chi connectivity index (χ0v) is 15.8. The SMILES string of the molecule is O=C(CCC1CCCCC1)NC(=S)N1CCN(c2ccccc2)CC1. The Balaban J connectivity index is 1.38. The van der Waals surface area contributed by atoms with Crippen molar-refractivity contribution in [1.82, 2.24) is 10.2 Å². The van der Waals surface area contributed by atoms with Crippen LogP contribution in [0.2, 0.25) is 0 Å². The number of nitrogens with one attached hydrogen (secondary N) is 1. The number of piperazine rings is 1. The van der Waals surface area contributed by atoms with E-state index < -0.39 is 0 Å². The van der Waals surface area contributed by atoms with Crippen molar-refractivity contribution < 1.29 is 4.79 Å². The fourth-order valence-corrected chi connectivity index (χ4v) is 4.17. The molecular formula is C20H29N3OS. The minimum atomic E-state index is 0.0843. The number of hydrogen-bond acceptors (Lipinski definition) is 3. The fourth-order valence-electron chi connectivity index (χ4n) is 3.88. The van der Waals surface area contributed by atoms with Crippen LogP contribution in [0, 0.1) is 5.92 Å². The fraction of sp³-hybridized carbons (Fsp3) is 0.600. The lowest BCUT2D eigenvalue weighted by molar-refractivity contribution is -0.120. The molecule has 0 bridgehead atoms. The van der Waals surface area contributed by atoms with E-state index in [2.05, 4.69) is 39.4 Å². The van der Waals surface area contributed by atoms with Gasteiger partial charge in [0.15, 0.2) is 5.11 Å². The highest BCUT2D eigenvalue weighted by molar-refractivity contribution is 7.80. The van der Waals surface area contributed by atoms with Crippen molar-refractivity contribution in [1.29, 1.82) is 0 Å². The molecule has 1 heterocycles. The van der Waals surface area contributed by atoms with E-state index in [0.29, 0.717) is 11.5 Å². The maximum atomic E-state index is 12.2. The molecule has 1 saturated heterocycles. The van der Waals surface area contributed by atoms with Gasteiger partial charge in [-0.15, -0.1) is 0 Å². The normalized spacial score (nSPS) is 18.9. The summed E-state index contributed by atoms with van der Waals surface area (Å²) < 4.78 is 0. The second-order valence-electron chi connectivity index (χ2n) is 7.21. The standard InChI is InChI=1S/C20H29N3OS/c24-19(12-11-17-7-3-1-4-8-17)21-20(25)23-15-13-22(14-16-23)18-9-5-2-6-10-18/h2,5-6,9-10,17H,1,3-4,7-8,11-16H2,(H,21,24,25). The van der Waals surface area contributed by atoms with Crippen LogP contribution in [0.25, 0.3) is 0 Å². The number of benzene rings is 1. The maximum absolute atomic E-state index is 12.2. The number of amides is 1. The molecule has 5 heteroatoms. The topological polar surface area (TPSA) is 35.6 Å². The number of nitrogens with zero attached hydrogens (tertiary/aromatic N) is 2. The van der Waals surface area contributed by atoms with E-state index in [1.807, 2.05) is 6.07 Å². The second-order valence-corrected chi connectivity index (χ2v) is 7.59. The number of para-hydroxylation sites is 1. The summed E-state index contributed by atoms with van der Waals surface area (Å²) in [6.45, 7) is 3.58. The second kappa shape index (κ2) is 9.18. The highest BCUT2D eigenvalue weighted by Crippen LogP contribution is 2.27. The first-order chi connectivity index (χ1) is 12.2. The molecule has 0 atom stereocenters. The van der Waals surface area contributed by atoms with E-state index in [1.54, 1.807) is 0 Å². The summed E-state index contributed by atoms with van der Waals surface area (Å²) in [6, 6.07) is 10.5. The maximum Gasteiger partial charge on any atom is 0.226 e. The van der Waals surface area contributed by atoms with Crippen LogP contribution < -0.4 is 10.2 Å². The Morgan fingerprint density at radius 1 is 1.04 bits per heavy atom. The third-order valence-corrected chi connectivity index (χ3v) is 5.80. The average molecular weight is 360 g/mol. The van der Waals surface area contributed by atoms with E-state index in [4.69, 9.17) is 12.2 Å². The van der Waals surface area contributed by atoms with Crippen molar-refractivity contribution in [3.63, 3.8) is 0 Å². The van der Waals surface area contributed by atoms with E-state index >= 15 is 0 Å². The molecule has 2 aliphatic rings. The number of anilines is 1. The zero-order valence-electron chi connectivity index (χ0n) is 15.0. The van der Waals surface area contributed by atoms with Gasteiger partial charge in [-0.05, 0) is 36.7 Å². The number of rotatable bonds is 4. The Morgan fingerprint density at radius 3 is 2.40 bits per heavy atom. The molecule has 0 spiro atoms. The van der Waals surface area contributed by atoms with Crippen LogP contribution in [0.5, 0.6) is 0 Å². The Morgan fingerprint density at radius 2 is 1.72 bits per heavy atom. The van der Waals surface area contributed by atoms with Gasteiger partial charge in [-0.2, -0.15) is 0 Å². The molecule has 3 rings (SSSR count). The summed E-state index contributed by atoms with van der Waals surface area (Å²) in [4.78, 5) is 16.7. The Hall–Kier alpha value is -1.62. The van der Waals surface area contributed by atoms with Crippen LogP contribution in [-0.4, -0.2) is 42.1 Å². The Kier molecular flexibility index (Phi) is 6.68. The molecule has 1 amide bonds. The van der Waals surface area contributed by atoms with Crippen molar-refractivity contribution >= 4 is 28.9 Å². The van der Waals surface area contributed by atoms with Gasteiger partial charge in [0.1, 0.15) is 0 Å². The summed E-state index contributed by atoms with van der Waals surface area (Å²) in [5.41, 5.74) is 1.25. The highest BCUT2D eigenvalue weighted by atomic mass is 32.1. The lowest BCUT2D eigenvalue weighted by Crippen LogP contribution is -2.52. The summed E-state index contributed by atoms with van der Waals surface area (Å²) >= 11 is 5.45. The largest absolute Gasteiger partial charge is 0.368 e. The van der Waals surface area contributed by atoms with Crippen molar-refractivity contribution in [3.05, 3.63) is 30.3 Å². The van der Waals surface area contributed by atoms with Crippen LogP contribution in [0.15, 0.2) is 30.3 Å². The highest BCUT2D eigenvalue weighted by Gasteiger charge is 2.21. The van der Waals surface area contributed by atoms with E-state index in [-0.39, 0.29) is 5.91 Å². The van der Waals surface area contributed by atoms with Gasteiger partial charge in [-0.25, -0.2) is 0 Å². The number of carbonyl (C=O) groups is 1. The van der Waals surface area contributed by atoms with Gasteiger partial charge in [-0.1, -0.05) is 50.3 Å². The minimum absolute atomic E-state index is 0.0843. The first-order valence-electron chi connectivity index (χ1n) is 9.61. The molecule has 0 unspecified atom stereocenters. The predicted octanol–water partition coefficient (Wildman–Crippen LogP) is 3.57. The van der Waals surface area contributed by atoms with Crippen molar-refractivity contribution in [2.75, 3.05) is 31.1 Å². The number of carbonyl (C=O) groups excluding carboxylic acids is 1. The third-order valence-electron chi connectivity index (χ3n) is 5.44. The summed E-state index contributed by atoms with van der Waals surface area (Å²) in [6.07, 6.45) is 8.22. The number of hydrogen-bond donors (Lipinski definition) is 1. The van der Waals surface area contributed by atoms with E-state index in [1.165, 1.54) is 37.8 Å². The third kappa shape index (κ3) is 5.43. The van der Waals surface area contributed by atoms with Gasteiger partial charge >= 0.3 is 0 Å². The average Bonchev–Trinajstić information content (AvgIpc) is 2.68. The Labute approximate surface area is 156 Å². The van der Waals surface area contributed by atoms with Crippen molar-refractivity contribution in [2.45, 2.75) is 44.9 Å². The molecule has 136 valence electrons. The molecule has 0 radical (unpaired) electrons. The van der Waals surface area contributed by atoms with Crippen LogP contribution >= 0.6 is 12.2 Å². The molecule has 1 aromatic rings. The smallest absolute Gasteiger partial charge is 0.226 e. The zero-order chi connectivity index (χ0) is 17.5. The van der Waals surface area contributed by atoms with Crippen molar-refractivity contribution in [3.8, 4) is 0 Å². The molecule has 1 aliphatic heterocycles. The summed E-state index contributed by atoms with van der Waals surface area (Å²) in [7, 11) is 0. The van der Waals surface area contributed by atoms with Gasteiger partial charge in [-0.3, -0.25) is 4.79 Å². The molecule has 1 aliphatic carbocycles. The molecule has 1 N–H and O–H groups in total. The summed E-state index contributed by atoms with van der Waals surface area (Å²) in [5.74, 6) is 0.823. The molecule has 1 aromatic carbocycles. The molecule has 25 heavy (non-hydrogen) atoms. The van der Waals surface area contributed by atoms with Crippen molar-refractivity contribution in [2.24, 2.45) is 5.92 Å². The molecule has 4 nitrogen and oxygen atoms in total. The summed E-state index contributed by atoms with van der Waals surface area (Å²) in [5, 5.41) is 3.54. The predicted molar refractivity (Wildman–Crippen MR) is 107 cm³/mol. The quantitative estimate of drug-likeness (QED) is 0.834. The first kappa shape index (κ1) is 18.2. The monoisotopic (exact) mass is 359 g/mol. The molecule has 2 fully saturated rings. The van der Waals surface area contributed by atoms with Crippen LogP contribution in [0.3, 0.4) is 0 Å². The molecule has 1 saturated carbocycles.